The number of aliphatic hydroxyl groups is 1. The van der Waals surface area contributed by atoms with E-state index in [1.165, 1.54) is 5.56 Å². The number of ether oxygens (including phenoxy) is 1. The van der Waals surface area contributed by atoms with E-state index in [1.54, 1.807) is 0 Å². The first kappa shape index (κ1) is 11.5. The monoisotopic (exact) mass is 220 g/mol. The zero-order valence-corrected chi connectivity index (χ0v) is 9.86. The van der Waals surface area contributed by atoms with Gasteiger partial charge in [0.2, 0.25) is 0 Å². The van der Waals surface area contributed by atoms with E-state index in [1.807, 2.05) is 12.1 Å². The van der Waals surface area contributed by atoms with E-state index in [0.29, 0.717) is 0 Å². The topological polar surface area (TPSA) is 29.5 Å². The standard InChI is InChI=1S/C14H20O2/c1-2-11-6-5-7-12(10-11)16-14-9-4-3-8-13(14)15/h5-7,10,13-15H,2-4,8-9H2,1H3. The van der Waals surface area contributed by atoms with Gasteiger partial charge >= 0.3 is 0 Å². The summed E-state index contributed by atoms with van der Waals surface area (Å²) in [5.74, 6) is 0.894. The second-order valence-electron chi connectivity index (χ2n) is 4.51. The predicted octanol–water partition coefficient (Wildman–Crippen LogP) is 2.93. The Morgan fingerprint density at radius 2 is 2.12 bits per heavy atom. The quantitative estimate of drug-likeness (QED) is 0.848. The summed E-state index contributed by atoms with van der Waals surface area (Å²) in [5, 5.41) is 9.83. The minimum absolute atomic E-state index is 0.0131. The van der Waals surface area contributed by atoms with E-state index in [0.717, 1.165) is 37.9 Å². The fourth-order valence-corrected chi connectivity index (χ4v) is 2.23. The molecule has 16 heavy (non-hydrogen) atoms. The minimum Gasteiger partial charge on any atom is -0.488 e. The third-order valence-corrected chi connectivity index (χ3v) is 3.26. The van der Waals surface area contributed by atoms with E-state index in [2.05, 4.69) is 19.1 Å². The molecule has 0 aromatic heterocycles. The first-order valence-corrected chi connectivity index (χ1v) is 6.23. The molecule has 1 aromatic carbocycles. The van der Waals surface area contributed by atoms with Gasteiger partial charge in [0.1, 0.15) is 11.9 Å². The molecule has 0 radical (unpaired) electrons. The second-order valence-corrected chi connectivity index (χ2v) is 4.51. The van der Waals surface area contributed by atoms with Crippen molar-refractivity contribution in [1.29, 1.82) is 0 Å². The van der Waals surface area contributed by atoms with Crippen LogP contribution in [0.4, 0.5) is 0 Å². The average Bonchev–Trinajstić information content (AvgIpc) is 2.32. The molecule has 0 amide bonds. The van der Waals surface area contributed by atoms with Gasteiger partial charge in [-0.25, -0.2) is 0 Å². The second kappa shape index (κ2) is 5.35. The van der Waals surface area contributed by atoms with Crippen molar-refractivity contribution in [3.8, 4) is 5.75 Å². The van der Waals surface area contributed by atoms with Gasteiger partial charge in [-0.3, -0.25) is 0 Å². The third-order valence-electron chi connectivity index (χ3n) is 3.26. The lowest BCUT2D eigenvalue weighted by atomic mass is 9.95. The Hall–Kier alpha value is -1.02. The molecular weight excluding hydrogens is 200 g/mol. The maximum atomic E-state index is 9.83. The van der Waals surface area contributed by atoms with Crippen LogP contribution < -0.4 is 4.74 Å². The summed E-state index contributed by atoms with van der Waals surface area (Å²) in [7, 11) is 0. The van der Waals surface area contributed by atoms with Gasteiger partial charge in [-0.05, 0) is 43.4 Å². The van der Waals surface area contributed by atoms with Gasteiger partial charge in [0.15, 0.2) is 0 Å². The lowest BCUT2D eigenvalue weighted by Crippen LogP contribution is -2.34. The molecular formula is C14H20O2. The Morgan fingerprint density at radius 1 is 1.31 bits per heavy atom. The molecule has 0 saturated heterocycles. The molecule has 88 valence electrons. The van der Waals surface area contributed by atoms with Crippen molar-refractivity contribution in [2.75, 3.05) is 0 Å². The maximum Gasteiger partial charge on any atom is 0.124 e. The van der Waals surface area contributed by atoms with Crippen LogP contribution >= 0.6 is 0 Å². The minimum atomic E-state index is -0.293. The van der Waals surface area contributed by atoms with Gasteiger partial charge in [-0.1, -0.05) is 25.5 Å². The van der Waals surface area contributed by atoms with Crippen LogP contribution in [-0.2, 0) is 6.42 Å². The fraction of sp³-hybridized carbons (Fsp3) is 0.571. The molecule has 1 fully saturated rings. The predicted molar refractivity (Wildman–Crippen MR) is 64.7 cm³/mol. The zero-order chi connectivity index (χ0) is 11.4. The van der Waals surface area contributed by atoms with E-state index in [9.17, 15) is 5.11 Å². The molecule has 0 aliphatic heterocycles. The SMILES string of the molecule is CCc1cccc(OC2CCCCC2O)c1. The number of hydrogen-bond acceptors (Lipinski definition) is 2. The molecule has 1 aromatic rings. The first-order chi connectivity index (χ1) is 7.79. The van der Waals surface area contributed by atoms with Crippen LogP contribution in [0.15, 0.2) is 24.3 Å². The van der Waals surface area contributed by atoms with Gasteiger partial charge in [0, 0.05) is 0 Å². The highest BCUT2D eigenvalue weighted by atomic mass is 16.5. The average molecular weight is 220 g/mol. The van der Waals surface area contributed by atoms with Crippen molar-refractivity contribution in [1.82, 2.24) is 0 Å². The molecule has 2 nitrogen and oxygen atoms in total. The number of hydrogen-bond donors (Lipinski definition) is 1. The Labute approximate surface area is 97.3 Å². The Morgan fingerprint density at radius 3 is 2.88 bits per heavy atom. The molecule has 0 bridgehead atoms. The van der Waals surface area contributed by atoms with Crippen LogP contribution in [0.2, 0.25) is 0 Å². The van der Waals surface area contributed by atoms with Crippen molar-refractivity contribution in [3.63, 3.8) is 0 Å². The van der Waals surface area contributed by atoms with Crippen LogP contribution in [0, 0.1) is 0 Å². The van der Waals surface area contributed by atoms with Gasteiger partial charge in [0.05, 0.1) is 6.10 Å². The van der Waals surface area contributed by atoms with Crippen LogP contribution in [0.25, 0.3) is 0 Å². The van der Waals surface area contributed by atoms with E-state index in [4.69, 9.17) is 4.74 Å². The van der Waals surface area contributed by atoms with Crippen LogP contribution in [0.5, 0.6) is 5.75 Å². The van der Waals surface area contributed by atoms with E-state index >= 15 is 0 Å². The van der Waals surface area contributed by atoms with Crippen molar-refractivity contribution in [2.45, 2.75) is 51.2 Å². The van der Waals surface area contributed by atoms with Gasteiger partial charge in [-0.2, -0.15) is 0 Å². The Bertz CT molecular complexity index is 335. The van der Waals surface area contributed by atoms with Crippen LogP contribution in [0.1, 0.15) is 38.2 Å². The van der Waals surface area contributed by atoms with Crippen molar-refractivity contribution < 1.29 is 9.84 Å². The molecule has 1 N–H and O–H groups in total. The fourth-order valence-electron chi connectivity index (χ4n) is 2.23. The highest BCUT2D eigenvalue weighted by Crippen LogP contribution is 2.24. The Kier molecular flexibility index (Phi) is 3.83. The number of aliphatic hydroxyl groups excluding tert-OH is 1. The lowest BCUT2D eigenvalue weighted by molar-refractivity contribution is 0.00684. The summed E-state index contributed by atoms with van der Waals surface area (Å²) in [6, 6.07) is 8.16. The normalized spacial score (nSPS) is 25.4. The van der Waals surface area contributed by atoms with Gasteiger partial charge < -0.3 is 9.84 Å². The van der Waals surface area contributed by atoms with Crippen LogP contribution in [0.3, 0.4) is 0 Å². The van der Waals surface area contributed by atoms with Gasteiger partial charge in [0.25, 0.3) is 0 Å². The number of rotatable bonds is 3. The van der Waals surface area contributed by atoms with Crippen LogP contribution in [-0.4, -0.2) is 17.3 Å². The smallest absolute Gasteiger partial charge is 0.124 e. The largest absolute Gasteiger partial charge is 0.488 e. The highest BCUT2D eigenvalue weighted by Gasteiger charge is 2.24. The summed E-state index contributed by atoms with van der Waals surface area (Å²) >= 11 is 0. The molecule has 2 heteroatoms. The molecule has 1 aliphatic carbocycles. The molecule has 1 saturated carbocycles. The molecule has 2 atom stereocenters. The summed E-state index contributed by atoms with van der Waals surface area (Å²) in [6.45, 7) is 2.13. The molecule has 0 heterocycles. The number of aryl methyl sites for hydroxylation is 1. The summed E-state index contributed by atoms with van der Waals surface area (Å²) < 4.78 is 5.86. The maximum absolute atomic E-state index is 9.83. The van der Waals surface area contributed by atoms with E-state index in [-0.39, 0.29) is 12.2 Å². The lowest BCUT2D eigenvalue weighted by Gasteiger charge is -2.28. The number of benzene rings is 1. The highest BCUT2D eigenvalue weighted by molar-refractivity contribution is 5.28. The summed E-state index contributed by atoms with van der Waals surface area (Å²) in [5.41, 5.74) is 1.28. The molecule has 2 rings (SSSR count). The summed E-state index contributed by atoms with van der Waals surface area (Å²) in [4.78, 5) is 0. The zero-order valence-electron chi connectivity index (χ0n) is 9.86. The van der Waals surface area contributed by atoms with Crippen molar-refractivity contribution >= 4 is 0 Å². The van der Waals surface area contributed by atoms with Crippen molar-refractivity contribution in [3.05, 3.63) is 29.8 Å². The van der Waals surface area contributed by atoms with E-state index < -0.39 is 0 Å². The Balaban J connectivity index is 2.01. The van der Waals surface area contributed by atoms with Crippen molar-refractivity contribution in [2.24, 2.45) is 0 Å². The van der Waals surface area contributed by atoms with Gasteiger partial charge in [-0.15, -0.1) is 0 Å². The molecule has 0 spiro atoms. The molecule has 1 aliphatic rings. The summed E-state index contributed by atoms with van der Waals surface area (Å²) in [6.07, 6.45) is 4.84. The third kappa shape index (κ3) is 2.76. The molecule has 2 unspecified atom stereocenters. The first-order valence-electron chi connectivity index (χ1n) is 6.23.